The van der Waals surface area contributed by atoms with Gasteiger partial charge in [0.05, 0.1) is 6.04 Å². The van der Waals surface area contributed by atoms with E-state index in [0.29, 0.717) is 5.92 Å². The molecule has 3 rings (SSSR count). The number of amides is 1. The van der Waals surface area contributed by atoms with Crippen molar-refractivity contribution in [3.63, 3.8) is 0 Å². The average Bonchev–Trinajstić information content (AvgIpc) is 3.38. The van der Waals surface area contributed by atoms with Gasteiger partial charge >= 0.3 is 5.97 Å². The van der Waals surface area contributed by atoms with Crippen molar-refractivity contribution in [1.29, 1.82) is 0 Å². The molecule has 1 saturated carbocycles. The first kappa shape index (κ1) is 15.2. The molecule has 0 saturated heterocycles. The lowest BCUT2D eigenvalue weighted by molar-refractivity contribution is 0.0690. The van der Waals surface area contributed by atoms with Gasteiger partial charge in [-0.15, -0.1) is 0 Å². The number of hydrogen-bond acceptors (Lipinski definition) is 3. The van der Waals surface area contributed by atoms with Gasteiger partial charge in [-0.1, -0.05) is 30.3 Å². The van der Waals surface area contributed by atoms with E-state index in [-0.39, 0.29) is 23.3 Å². The maximum Gasteiger partial charge on any atom is 0.354 e. The Hall–Kier alpha value is -2.69. The summed E-state index contributed by atoms with van der Waals surface area (Å²) in [5.41, 5.74) is 2.25. The maximum absolute atomic E-state index is 12.5. The van der Waals surface area contributed by atoms with Gasteiger partial charge in [0.15, 0.2) is 0 Å². The molecule has 2 N–H and O–H groups in total. The number of aromatic carboxylic acids is 1. The highest BCUT2D eigenvalue weighted by Gasteiger charge is 2.34. The van der Waals surface area contributed by atoms with Crippen molar-refractivity contribution in [2.24, 2.45) is 5.92 Å². The number of pyridine rings is 1. The standard InChI is InChI=1S/C18H18N2O3/c1-11-5-2-3-6-13(11)16(12-9-10-12)20-17(21)14-7-4-8-15(19-14)18(22)23/h2-8,12,16H,9-10H2,1H3,(H,20,21)(H,22,23). The van der Waals surface area contributed by atoms with E-state index >= 15 is 0 Å². The molecule has 1 aromatic heterocycles. The molecule has 5 nitrogen and oxygen atoms in total. The van der Waals surface area contributed by atoms with Gasteiger partial charge in [-0.2, -0.15) is 0 Å². The Morgan fingerprint density at radius 3 is 2.48 bits per heavy atom. The topological polar surface area (TPSA) is 79.3 Å². The van der Waals surface area contributed by atoms with Crippen LogP contribution < -0.4 is 5.32 Å². The lowest BCUT2D eigenvalue weighted by Crippen LogP contribution is -2.31. The third-order valence-corrected chi connectivity index (χ3v) is 4.10. The van der Waals surface area contributed by atoms with E-state index < -0.39 is 5.97 Å². The minimum Gasteiger partial charge on any atom is -0.477 e. The zero-order chi connectivity index (χ0) is 16.4. The summed E-state index contributed by atoms with van der Waals surface area (Å²) in [6.07, 6.45) is 2.17. The van der Waals surface area contributed by atoms with Crippen molar-refractivity contribution in [2.45, 2.75) is 25.8 Å². The quantitative estimate of drug-likeness (QED) is 0.890. The molecule has 1 amide bonds. The molecule has 1 heterocycles. The van der Waals surface area contributed by atoms with Crippen LogP contribution in [0.4, 0.5) is 0 Å². The number of benzene rings is 1. The Balaban J connectivity index is 1.84. The van der Waals surface area contributed by atoms with Crippen LogP contribution in [0.3, 0.4) is 0 Å². The predicted octanol–water partition coefficient (Wildman–Crippen LogP) is 2.97. The van der Waals surface area contributed by atoms with Gasteiger partial charge in [-0.25, -0.2) is 9.78 Å². The van der Waals surface area contributed by atoms with Gasteiger partial charge in [0.1, 0.15) is 11.4 Å². The van der Waals surface area contributed by atoms with Crippen LogP contribution in [0.2, 0.25) is 0 Å². The first-order chi connectivity index (χ1) is 11.1. The summed E-state index contributed by atoms with van der Waals surface area (Å²) in [7, 11) is 0. The van der Waals surface area contributed by atoms with Crippen LogP contribution >= 0.6 is 0 Å². The SMILES string of the molecule is Cc1ccccc1C(NC(=O)c1cccc(C(=O)O)n1)C1CC1. The van der Waals surface area contributed by atoms with E-state index in [1.807, 2.05) is 31.2 Å². The van der Waals surface area contributed by atoms with E-state index in [9.17, 15) is 9.59 Å². The molecule has 5 heteroatoms. The fourth-order valence-electron chi connectivity index (χ4n) is 2.71. The van der Waals surface area contributed by atoms with Gasteiger partial charge in [0.25, 0.3) is 5.91 Å². The second-order valence-electron chi connectivity index (χ2n) is 5.86. The zero-order valence-corrected chi connectivity index (χ0v) is 12.8. The van der Waals surface area contributed by atoms with E-state index in [1.54, 1.807) is 0 Å². The molecule has 2 aromatic rings. The summed E-state index contributed by atoms with van der Waals surface area (Å²) in [5.74, 6) is -1.05. The van der Waals surface area contributed by atoms with Crippen molar-refractivity contribution in [2.75, 3.05) is 0 Å². The lowest BCUT2D eigenvalue weighted by Gasteiger charge is -2.20. The normalized spacial score (nSPS) is 15.0. The van der Waals surface area contributed by atoms with Gasteiger partial charge in [-0.3, -0.25) is 4.79 Å². The Kier molecular flexibility index (Phi) is 4.10. The van der Waals surface area contributed by atoms with E-state index in [0.717, 1.165) is 24.0 Å². The number of nitrogens with zero attached hydrogens (tertiary/aromatic N) is 1. The van der Waals surface area contributed by atoms with Crippen LogP contribution in [0.5, 0.6) is 0 Å². The Morgan fingerprint density at radius 2 is 1.83 bits per heavy atom. The Morgan fingerprint density at radius 1 is 1.13 bits per heavy atom. The van der Waals surface area contributed by atoms with Gasteiger partial charge in [0, 0.05) is 0 Å². The number of rotatable bonds is 5. The van der Waals surface area contributed by atoms with Crippen LogP contribution in [0.1, 0.15) is 51.0 Å². The summed E-state index contributed by atoms with van der Waals surface area (Å²) in [4.78, 5) is 27.4. The molecule has 1 aliphatic rings. The van der Waals surface area contributed by atoms with E-state index in [4.69, 9.17) is 5.11 Å². The second kappa shape index (κ2) is 6.20. The van der Waals surface area contributed by atoms with Crippen molar-refractivity contribution >= 4 is 11.9 Å². The minimum absolute atomic E-state index is 0.0565. The van der Waals surface area contributed by atoms with Crippen LogP contribution in [0, 0.1) is 12.8 Å². The molecule has 23 heavy (non-hydrogen) atoms. The van der Waals surface area contributed by atoms with Crippen molar-refractivity contribution in [3.05, 3.63) is 65.0 Å². The molecule has 1 atom stereocenters. The number of carbonyl (C=O) groups excluding carboxylic acids is 1. The summed E-state index contributed by atoms with van der Waals surface area (Å²) in [5, 5.41) is 12.0. The number of carboxylic acid groups (broad SMARTS) is 1. The summed E-state index contributed by atoms with van der Waals surface area (Å²) in [6.45, 7) is 2.03. The Labute approximate surface area is 134 Å². The monoisotopic (exact) mass is 310 g/mol. The predicted molar refractivity (Wildman–Crippen MR) is 85.3 cm³/mol. The molecule has 0 radical (unpaired) electrons. The van der Waals surface area contributed by atoms with Crippen LogP contribution in [0.25, 0.3) is 0 Å². The summed E-state index contributed by atoms with van der Waals surface area (Å²) >= 11 is 0. The molecular weight excluding hydrogens is 292 g/mol. The van der Waals surface area contributed by atoms with E-state index in [1.165, 1.54) is 18.2 Å². The molecular formula is C18H18N2O3. The van der Waals surface area contributed by atoms with Crippen molar-refractivity contribution in [3.8, 4) is 0 Å². The molecule has 1 aliphatic carbocycles. The van der Waals surface area contributed by atoms with Crippen LogP contribution in [0.15, 0.2) is 42.5 Å². The number of carboxylic acids is 1. The van der Waals surface area contributed by atoms with Crippen LogP contribution in [-0.2, 0) is 0 Å². The average molecular weight is 310 g/mol. The third-order valence-electron chi connectivity index (χ3n) is 4.10. The maximum atomic E-state index is 12.5. The van der Waals surface area contributed by atoms with Crippen molar-refractivity contribution in [1.82, 2.24) is 10.3 Å². The second-order valence-corrected chi connectivity index (χ2v) is 5.86. The van der Waals surface area contributed by atoms with Crippen molar-refractivity contribution < 1.29 is 14.7 Å². The highest BCUT2D eigenvalue weighted by Crippen LogP contribution is 2.41. The first-order valence-corrected chi connectivity index (χ1v) is 7.63. The first-order valence-electron chi connectivity index (χ1n) is 7.63. The zero-order valence-electron chi connectivity index (χ0n) is 12.8. The number of aryl methyl sites for hydroxylation is 1. The highest BCUT2D eigenvalue weighted by molar-refractivity contribution is 5.94. The largest absolute Gasteiger partial charge is 0.477 e. The lowest BCUT2D eigenvalue weighted by atomic mass is 9.97. The summed E-state index contributed by atoms with van der Waals surface area (Å²) in [6, 6.07) is 12.4. The molecule has 1 aromatic carbocycles. The number of nitrogens with one attached hydrogen (secondary N) is 1. The molecule has 1 fully saturated rings. The molecule has 0 spiro atoms. The summed E-state index contributed by atoms with van der Waals surface area (Å²) < 4.78 is 0. The fourth-order valence-corrected chi connectivity index (χ4v) is 2.71. The van der Waals surface area contributed by atoms with Gasteiger partial charge in [-0.05, 0) is 48.9 Å². The molecule has 1 unspecified atom stereocenters. The van der Waals surface area contributed by atoms with E-state index in [2.05, 4.69) is 10.3 Å². The molecule has 118 valence electrons. The number of hydrogen-bond donors (Lipinski definition) is 2. The van der Waals surface area contributed by atoms with Gasteiger partial charge in [0.2, 0.25) is 0 Å². The number of aromatic nitrogens is 1. The Bertz CT molecular complexity index is 753. The van der Waals surface area contributed by atoms with Crippen LogP contribution in [-0.4, -0.2) is 22.0 Å². The van der Waals surface area contributed by atoms with Gasteiger partial charge < -0.3 is 10.4 Å². The fraction of sp³-hybridized carbons (Fsp3) is 0.278. The number of carbonyl (C=O) groups is 2. The smallest absolute Gasteiger partial charge is 0.354 e. The highest BCUT2D eigenvalue weighted by atomic mass is 16.4. The minimum atomic E-state index is -1.14. The third kappa shape index (κ3) is 3.39. The molecule has 0 bridgehead atoms. The molecule has 0 aliphatic heterocycles.